The number of nitrogens with two attached hydrogens (primary N) is 1. The Morgan fingerprint density at radius 2 is 1.67 bits per heavy atom. The van der Waals surface area contributed by atoms with E-state index in [9.17, 15) is 9.59 Å². The zero-order valence-electron chi connectivity index (χ0n) is 10.5. The molecule has 0 saturated carbocycles. The average molecular weight is 250 g/mol. The lowest BCUT2D eigenvalue weighted by molar-refractivity contribution is -0.117. The van der Waals surface area contributed by atoms with Gasteiger partial charge >= 0.3 is 6.03 Å². The number of carbonyl (C=O) groups excluding carboxylic acids is 2. The SMILES string of the molecule is CC[C@H](N)C(=O)Nc1ccc(NC(=O)NC)cc1. The number of hydrogen-bond donors (Lipinski definition) is 4. The number of urea groups is 1. The molecular formula is C12H18N4O2. The molecule has 0 radical (unpaired) electrons. The highest BCUT2D eigenvalue weighted by molar-refractivity contribution is 5.95. The van der Waals surface area contributed by atoms with Crippen molar-refractivity contribution in [3.63, 3.8) is 0 Å². The van der Waals surface area contributed by atoms with Crippen molar-refractivity contribution in [1.29, 1.82) is 0 Å². The number of benzene rings is 1. The third-order valence-electron chi connectivity index (χ3n) is 2.41. The van der Waals surface area contributed by atoms with Crippen LogP contribution in [0.15, 0.2) is 24.3 Å². The summed E-state index contributed by atoms with van der Waals surface area (Å²) in [6.07, 6.45) is 0.585. The van der Waals surface area contributed by atoms with Crippen LogP contribution in [0.1, 0.15) is 13.3 Å². The minimum atomic E-state index is -0.506. The predicted octanol–water partition coefficient (Wildman–Crippen LogP) is 1.11. The van der Waals surface area contributed by atoms with Gasteiger partial charge in [0.2, 0.25) is 5.91 Å². The first-order valence-corrected chi connectivity index (χ1v) is 5.72. The van der Waals surface area contributed by atoms with E-state index < -0.39 is 6.04 Å². The summed E-state index contributed by atoms with van der Waals surface area (Å²) in [5, 5.41) is 7.76. The molecule has 0 aliphatic heterocycles. The largest absolute Gasteiger partial charge is 0.341 e. The maximum absolute atomic E-state index is 11.5. The first-order chi connectivity index (χ1) is 8.56. The maximum atomic E-state index is 11.5. The second kappa shape index (κ2) is 6.61. The van der Waals surface area contributed by atoms with Crippen LogP contribution in [-0.4, -0.2) is 25.0 Å². The monoisotopic (exact) mass is 250 g/mol. The van der Waals surface area contributed by atoms with Crippen molar-refractivity contribution in [2.45, 2.75) is 19.4 Å². The molecule has 98 valence electrons. The summed E-state index contributed by atoms with van der Waals surface area (Å²) in [4.78, 5) is 22.6. The third kappa shape index (κ3) is 4.06. The first-order valence-electron chi connectivity index (χ1n) is 5.72. The molecule has 1 aromatic rings. The highest BCUT2D eigenvalue weighted by Gasteiger charge is 2.10. The topological polar surface area (TPSA) is 96.2 Å². The van der Waals surface area contributed by atoms with E-state index >= 15 is 0 Å². The summed E-state index contributed by atoms with van der Waals surface area (Å²) in [5.74, 6) is -0.218. The van der Waals surface area contributed by atoms with Crippen LogP contribution in [0.25, 0.3) is 0 Å². The number of nitrogens with one attached hydrogen (secondary N) is 3. The van der Waals surface area contributed by atoms with Gasteiger partial charge in [-0.1, -0.05) is 6.92 Å². The van der Waals surface area contributed by atoms with Gasteiger partial charge in [-0.05, 0) is 30.7 Å². The smallest absolute Gasteiger partial charge is 0.318 e. The van der Waals surface area contributed by atoms with Crippen LogP contribution in [0.4, 0.5) is 16.2 Å². The van der Waals surface area contributed by atoms with Crippen molar-refractivity contribution in [2.24, 2.45) is 5.73 Å². The van der Waals surface area contributed by atoms with Crippen molar-refractivity contribution >= 4 is 23.3 Å². The lowest BCUT2D eigenvalue weighted by Gasteiger charge is -2.10. The Morgan fingerprint density at radius 1 is 1.17 bits per heavy atom. The molecule has 6 nitrogen and oxygen atoms in total. The van der Waals surface area contributed by atoms with Gasteiger partial charge in [0.1, 0.15) is 0 Å². The quantitative estimate of drug-likeness (QED) is 0.644. The van der Waals surface area contributed by atoms with E-state index in [-0.39, 0.29) is 11.9 Å². The van der Waals surface area contributed by atoms with Crippen molar-refractivity contribution in [3.05, 3.63) is 24.3 Å². The molecule has 18 heavy (non-hydrogen) atoms. The van der Waals surface area contributed by atoms with Crippen LogP contribution in [0.5, 0.6) is 0 Å². The number of hydrogen-bond acceptors (Lipinski definition) is 3. The van der Waals surface area contributed by atoms with Crippen molar-refractivity contribution in [3.8, 4) is 0 Å². The molecule has 0 fully saturated rings. The molecule has 0 saturated heterocycles. The van der Waals surface area contributed by atoms with Crippen molar-refractivity contribution < 1.29 is 9.59 Å². The molecule has 0 spiro atoms. The van der Waals surface area contributed by atoms with Gasteiger partial charge in [0.05, 0.1) is 6.04 Å². The number of anilines is 2. The third-order valence-corrected chi connectivity index (χ3v) is 2.41. The molecule has 0 heterocycles. The van der Waals surface area contributed by atoms with Gasteiger partial charge in [0.15, 0.2) is 0 Å². The molecule has 1 aromatic carbocycles. The van der Waals surface area contributed by atoms with Crippen LogP contribution in [0.3, 0.4) is 0 Å². The van der Waals surface area contributed by atoms with Gasteiger partial charge in [-0.2, -0.15) is 0 Å². The van der Waals surface area contributed by atoms with Crippen LogP contribution >= 0.6 is 0 Å². The van der Waals surface area contributed by atoms with Gasteiger partial charge in [0.25, 0.3) is 0 Å². The predicted molar refractivity (Wildman–Crippen MR) is 71.4 cm³/mol. The van der Waals surface area contributed by atoms with Gasteiger partial charge in [-0.3, -0.25) is 4.79 Å². The number of carbonyl (C=O) groups is 2. The molecule has 5 N–H and O–H groups in total. The summed E-state index contributed by atoms with van der Waals surface area (Å²) >= 11 is 0. The Morgan fingerprint density at radius 3 is 2.11 bits per heavy atom. The lowest BCUT2D eigenvalue weighted by Crippen LogP contribution is -2.34. The Kier molecular flexibility index (Phi) is 5.13. The summed E-state index contributed by atoms with van der Waals surface area (Å²) in [6, 6.07) is 6.00. The zero-order valence-corrected chi connectivity index (χ0v) is 10.5. The molecule has 0 unspecified atom stereocenters. The van der Waals surface area contributed by atoms with Crippen LogP contribution in [0, 0.1) is 0 Å². The van der Waals surface area contributed by atoms with E-state index in [0.717, 1.165) is 0 Å². The summed E-state index contributed by atoms with van der Waals surface area (Å²) < 4.78 is 0. The molecule has 0 aliphatic carbocycles. The molecule has 0 bridgehead atoms. The molecular weight excluding hydrogens is 232 g/mol. The molecule has 0 aliphatic rings. The second-order valence-corrected chi connectivity index (χ2v) is 3.79. The van der Waals surface area contributed by atoms with Gasteiger partial charge in [-0.15, -0.1) is 0 Å². The van der Waals surface area contributed by atoms with E-state index in [2.05, 4.69) is 16.0 Å². The minimum Gasteiger partial charge on any atom is -0.341 e. The van der Waals surface area contributed by atoms with E-state index in [1.807, 2.05) is 6.92 Å². The molecule has 6 heteroatoms. The van der Waals surface area contributed by atoms with Crippen LogP contribution in [-0.2, 0) is 4.79 Å². The fourth-order valence-corrected chi connectivity index (χ4v) is 1.25. The van der Waals surface area contributed by atoms with E-state index in [1.54, 1.807) is 24.3 Å². The summed E-state index contributed by atoms with van der Waals surface area (Å²) in [6.45, 7) is 1.85. The zero-order chi connectivity index (χ0) is 13.5. The summed E-state index contributed by atoms with van der Waals surface area (Å²) in [5.41, 5.74) is 6.89. The van der Waals surface area contributed by atoms with E-state index in [1.165, 1.54) is 7.05 Å². The van der Waals surface area contributed by atoms with Crippen molar-refractivity contribution in [2.75, 3.05) is 17.7 Å². The van der Waals surface area contributed by atoms with Crippen LogP contribution < -0.4 is 21.7 Å². The van der Waals surface area contributed by atoms with Crippen molar-refractivity contribution in [1.82, 2.24) is 5.32 Å². The fourth-order valence-electron chi connectivity index (χ4n) is 1.25. The van der Waals surface area contributed by atoms with Gasteiger partial charge < -0.3 is 21.7 Å². The number of amides is 3. The first kappa shape index (κ1) is 14.0. The number of rotatable bonds is 4. The summed E-state index contributed by atoms with van der Waals surface area (Å²) in [7, 11) is 1.54. The van der Waals surface area contributed by atoms with E-state index in [0.29, 0.717) is 17.8 Å². The van der Waals surface area contributed by atoms with Gasteiger partial charge in [-0.25, -0.2) is 4.79 Å². The minimum absolute atomic E-state index is 0.218. The Balaban J connectivity index is 2.60. The normalized spacial score (nSPS) is 11.5. The standard InChI is InChI=1S/C12H18N4O2/c1-3-10(13)11(17)15-8-4-6-9(7-5-8)16-12(18)14-2/h4-7,10H,3,13H2,1-2H3,(H,15,17)(H2,14,16,18)/t10-/m0/s1. The Hall–Kier alpha value is -2.08. The maximum Gasteiger partial charge on any atom is 0.318 e. The van der Waals surface area contributed by atoms with Gasteiger partial charge in [0, 0.05) is 18.4 Å². The fraction of sp³-hybridized carbons (Fsp3) is 0.333. The average Bonchev–Trinajstić information content (AvgIpc) is 2.39. The highest BCUT2D eigenvalue weighted by Crippen LogP contribution is 2.13. The van der Waals surface area contributed by atoms with Crippen LogP contribution in [0.2, 0.25) is 0 Å². The molecule has 1 atom stereocenters. The Labute approximate surface area is 106 Å². The molecule has 3 amide bonds. The van der Waals surface area contributed by atoms with E-state index in [4.69, 9.17) is 5.73 Å². The lowest BCUT2D eigenvalue weighted by atomic mass is 10.2. The molecule has 1 rings (SSSR count). The second-order valence-electron chi connectivity index (χ2n) is 3.79. The molecule has 0 aromatic heterocycles. The highest BCUT2D eigenvalue weighted by atomic mass is 16.2. The Bertz CT molecular complexity index is 417.